The Kier molecular flexibility index (Phi) is 4.01. The highest BCUT2D eigenvalue weighted by Crippen LogP contribution is 2.19. The van der Waals surface area contributed by atoms with Gasteiger partial charge in [0.2, 0.25) is 0 Å². The largest absolute Gasteiger partial charge is 0.379 e. The molecule has 0 heterocycles. The average Bonchev–Trinajstić information content (AvgIpc) is 2.24. The van der Waals surface area contributed by atoms with Crippen molar-refractivity contribution in [3.8, 4) is 6.07 Å². The van der Waals surface area contributed by atoms with Crippen molar-refractivity contribution in [1.82, 2.24) is 0 Å². The van der Waals surface area contributed by atoms with E-state index in [0.29, 0.717) is 6.54 Å². The third kappa shape index (κ3) is 2.80. The molecule has 0 atom stereocenters. The van der Waals surface area contributed by atoms with Gasteiger partial charge in [-0.3, -0.25) is 0 Å². The third-order valence-corrected chi connectivity index (χ3v) is 2.01. The zero-order valence-electron chi connectivity index (χ0n) is 9.14. The molecule has 1 N–H and O–H groups in total. The normalized spacial score (nSPS) is 9.44. The van der Waals surface area contributed by atoms with Crippen LogP contribution in [0.4, 0.5) is 14.5 Å². The molecule has 2 nitrogen and oxygen atoms in total. The molecule has 0 saturated heterocycles. The lowest BCUT2D eigenvalue weighted by molar-refractivity contribution is 0.509. The second kappa shape index (κ2) is 5.26. The zero-order chi connectivity index (χ0) is 12.1. The van der Waals surface area contributed by atoms with Gasteiger partial charge in [0.05, 0.1) is 11.3 Å². The van der Waals surface area contributed by atoms with Crippen molar-refractivity contribution < 1.29 is 8.78 Å². The van der Waals surface area contributed by atoms with E-state index < -0.39 is 11.6 Å². The first kappa shape index (κ1) is 12.2. The van der Waals surface area contributed by atoms with Gasteiger partial charge in [-0.25, -0.2) is 8.78 Å². The van der Waals surface area contributed by atoms with Crippen molar-refractivity contribution in [3.63, 3.8) is 0 Å². The fourth-order valence-corrected chi connectivity index (χ4v) is 1.14. The first-order valence-electron chi connectivity index (χ1n) is 4.81. The van der Waals surface area contributed by atoms with Gasteiger partial charge in [-0.1, -0.05) is 11.6 Å². The summed E-state index contributed by atoms with van der Waals surface area (Å²) >= 11 is 0. The van der Waals surface area contributed by atoms with Crippen LogP contribution in [0.5, 0.6) is 0 Å². The molecule has 0 aliphatic carbocycles. The van der Waals surface area contributed by atoms with Crippen LogP contribution in [0.2, 0.25) is 0 Å². The minimum absolute atomic E-state index is 0.0639. The number of hydrogen-bond acceptors (Lipinski definition) is 2. The van der Waals surface area contributed by atoms with Crippen molar-refractivity contribution in [2.24, 2.45) is 0 Å². The lowest BCUT2D eigenvalue weighted by atomic mass is 10.2. The molecule has 1 aromatic carbocycles. The molecule has 0 aliphatic heterocycles. The van der Waals surface area contributed by atoms with E-state index in [1.54, 1.807) is 6.07 Å². The van der Waals surface area contributed by atoms with E-state index in [9.17, 15) is 8.78 Å². The molecule has 0 fully saturated rings. The minimum atomic E-state index is -1.11. The Hall–Kier alpha value is -1.89. The Morgan fingerprint density at radius 1 is 1.38 bits per heavy atom. The van der Waals surface area contributed by atoms with Gasteiger partial charge >= 0.3 is 0 Å². The summed E-state index contributed by atoms with van der Waals surface area (Å²) in [6.07, 6.45) is 1.86. The Morgan fingerprint density at radius 3 is 2.62 bits per heavy atom. The molecule has 4 heteroatoms. The summed E-state index contributed by atoms with van der Waals surface area (Å²) in [7, 11) is 0. The van der Waals surface area contributed by atoms with Gasteiger partial charge in [0.15, 0.2) is 11.6 Å². The average molecular weight is 222 g/mol. The summed E-state index contributed by atoms with van der Waals surface area (Å²) in [5, 5.41) is 11.2. The van der Waals surface area contributed by atoms with Crippen molar-refractivity contribution in [2.75, 3.05) is 11.9 Å². The number of nitrogens with one attached hydrogen (secondary N) is 1. The highest BCUT2D eigenvalue weighted by Gasteiger charge is 2.12. The zero-order valence-corrected chi connectivity index (χ0v) is 9.14. The van der Waals surface area contributed by atoms with E-state index >= 15 is 0 Å². The topological polar surface area (TPSA) is 35.8 Å². The molecule has 1 aromatic rings. The molecule has 0 aromatic heterocycles. The number of nitrogens with zero attached hydrogens (tertiary/aromatic N) is 1. The fraction of sp³-hybridized carbons (Fsp3) is 0.250. The second-order valence-electron chi connectivity index (χ2n) is 3.56. The fourth-order valence-electron chi connectivity index (χ4n) is 1.14. The predicted molar refractivity (Wildman–Crippen MR) is 59.0 cm³/mol. The van der Waals surface area contributed by atoms with Crippen LogP contribution in [0, 0.1) is 23.0 Å². The quantitative estimate of drug-likeness (QED) is 0.797. The van der Waals surface area contributed by atoms with Crippen LogP contribution in [-0.4, -0.2) is 6.54 Å². The molecule has 0 unspecified atom stereocenters. The van der Waals surface area contributed by atoms with E-state index in [2.05, 4.69) is 5.32 Å². The van der Waals surface area contributed by atoms with Gasteiger partial charge in [0.25, 0.3) is 0 Å². The molecule has 0 radical (unpaired) electrons. The number of nitriles is 1. The standard InChI is InChI=1S/C12H12F2N2/c1-8(2)5-6-16-10-4-3-9(7-15)11(13)12(10)14/h3-5,16H,6H2,1-2H3. The molecule has 1 rings (SSSR count). The van der Waals surface area contributed by atoms with Crippen molar-refractivity contribution >= 4 is 5.69 Å². The molecule has 0 amide bonds. The smallest absolute Gasteiger partial charge is 0.183 e. The Labute approximate surface area is 93.2 Å². The van der Waals surface area contributed by atoms with Gasteiger partial charge in [-0.2, -0.15) is 5.26 Å². The van der Waals surface area contributed by atoms with Crippen LogP contribution in [-0.2, 0) is 0 Å². The molecule has 84 valence electrons. The number of anilines is 1. The highest BCUT2D eigenvalue weighted by atomic mass is 19.2. The summed E-state index contributed by atoms with van der Waals surface area (Å²) < 4.78 is 26.6. The van der Waals surface area contributed by atoms with Crippen molar-refractivity contribution in [3.05, 3.63) is 41.0 Å². The van der Waals surface area contributed by atoms with E-state index in [-0.39, 0.29) is 11.3 Å². The number of hydrogen-bond donors (Lipinski definition) is 1. The molecule has 0 spiro atoms. The minimum Gasteiger partial charge on any atom is -0.379 e. The first-order chi connectivity index (χ1) is 7.56. The first-order valence-corrected chi connectivity index (χ1v) is 4.81. The summed E-state index contributed by atoms with van der Waals surface area (Å²) in [6, 6.07) is 4.19. The van der Waals surface area contributed by atoms with Crippen molar-refractivity contribution in [1.29, 1.82) is 5.26 Å². The summed E-state index contributed by atoms with van der Waals surface area (Å²) in [6.45, 7) is 4.25. The maximum atomic E-state index is 13.4. The molecule has 16 heavy (non-hydrogen) atoms. The van der Waals surface area contributed by atoms with Crippen LogP contribution < -0.4 is 5.32 Å². The Morgan fingerprint density at radius 2 is 2.06 bits per heavy atom. The molecular weight excluding hydrogens is 210 g/mol. The van der Waals surface area contributed by atoms with Crippen LogP contribution in [0.3, 0.4) is 0 Å². The monoisotopic (exact) mass is 222 g/mol. The van der Waals surface area contributed by atoms with Crippen LogP contribution in [0.1, 0.15) is 19.4 Å². The summed E-state index contributed by atoms with van der Waals surface area (Å²) in [4.78, 5) is 0. The molecule has 0 saturated carbocycles. The molecular formula is C12H12F2N2. The van der Waals surface area contributed by atoms with E-state index in [1.807, 2.05) is 19.9 Å². The number of benzene rings is 1. The maximum absolute atomic E-state index is 13.4. The highest BCUT2D eigenvalue weighted by molar-refractivity contribution is 5.50. The van der Waals surface area contributed by atoms with Gasteiger partial charge in [0, 0.05) is 6.54 Å². The summed E-state index contributed by atoms with van der Waals surface area (Å²) in [5.41, 5.74) is 0.862. The third-order valence-electron chi connectivity index (χ3n) is 2.01. The van der Waals surface area contributed by atoms with Gasteiger partial charge < -0.3 is 5.32 Å². The Balaban J connectivity index is 2.88. The van der Waals surface area contributed by atoms with Gasteiger partial charge in [-0.15, -0.1) is 0 Å². The number of rotatable bonds is 3. The number of allylic oxidation sites excluding steroid dienone is 1. The lowest BCUT2D eigenvalue weighted by Gasteiger charge is -2.06. The number of halogens is 2. The lowest BCUT2D eigenvalue weighted by Crippen LogP contribution is -2.03. The maximum Gasteiger partial charge on any atom is 0.183 e. The summed E-state index contributed by atoms with van der Waals surface area (Å²) in [5.74, 6) is -2.12. The Bertz CT molecular complexity index is 455. The SMILES string of the molecule is CC(C)=CCNc1ccc(C#N)c(F)c1F. The van der Waals surface area contributed by atoms with Crippen LogP contribution in [0.25, 0.3) is 0 Å². The molecule has 0 bridgehead atoms. The van der Waals surface area contributed by atoms with Gasteiger partial charge in [0.1, 0.15) is 6.07 Å². The van der Waals surface area contributed by atoms with Crippen LogP contribution in [0.15, 0.2) is 23.8 Å². The molecule has 0 aliphatic rings. The van der Waals surface area contributed by atoms with E-state index in [0.717, 1.165) is 5.57 Å². The van der Waals surface area contributed by atoms with E-state index in [4.69, 9.17) is 5.26 Å². The second-order valence-corrected chi connectivity index (χ2v) is 3.56. The van der Waals surface area contributed by atoms with E-state index in [1.165, 1.54) is 12.1 Å². The van der Waals surface area contributed by atoms with Crippen LogP contribution >= 0.6 is 0 Å². The van der Waals surface area contributed by atoms with Crippen molar-refractivity contribution in [2.45, 2.75) is 13.8 Å². The van der Waals surface area contributed by atoms with Gasteiger partial charge in [-0.05, 0) is 26.0 Å². The predicted octanol–water partition coefficient (Wildman–Crippen LogP) is 3.21.